The summed E-state index contributed by atoms with van der Waals surface area (Å²) in [4.78, 5) is 23.8. The van der Waals surface area contributed by atoms with E-state index in [-0.39, 0.29) is 33.6 Å². The summed E-state index contributed by atoms with van der Waals surface area (Å²) in [7, 11) is 1.34. The number of benzene rings is 3. The number of aromatic carboxylic acids is 1. The van der Waals surface area contributed by atoms with Crippen LogP contribution < -0.4 is 10.5 Å². The first-order chi connectivity index (χ1) is 12.9. The third-order valence-electron chi connectivity index (χ3n) is 4.21. The monoisotopic (exact) mass is 364 g/mol. The van der Waals surface area contributed by atoms with Gasteiger partial charge in [-0.3, -0.25) is 4.79 Å². The molecule has 0 radical (unpaired) electrons. The minimum Gasteiger partial charge on any atom is -0.495 e. The molecule has 0 spiro atoms. The van der Waals surface area contributed by atoms with Gasteiger partial charge in [0.15, 0.2) is 0 Å². The predicted molar refractivity (Wildman–Crippen MR) is 96.1 cm³/mol. The number of ether oxygens (including phenoxy) is 1. The molecular formula is C20H13FN2O4. The van der Waals surface area contributed by atoms with Crippen molar-refractivity contribution >= 4 is 22.6 Å². The lowest BCUT2D eigenvalue weighted by molar-refractivity contribution is 0.0697. The van der Waals surface area contributed by atoms with Crippen molar-refractivity contribution in [3.05, 3.63) is 65.0 Å². The lowest BCUT2D eigenvalue weighted by Crippen LogP contribution is -2.13. The number of carboxylic acids is 1. The van der Waals surface area contributed by atoms with E-state index in [1.807, 2.05) is 6.07 Å². The van der Waals surface area contributed by atoms with Crippen LogP contribution in [0.1, 0.15) is 26.3 Å². The molecule has 6 nitrogen and oxygen atoms in total. The van der Waals surface area contributed by atoms with E-state index in [4.69, 9.17) is 10.5 Å². The van der Waals surface area contributed by atoms with E-state index in [2.05, 4.69) is 0 Å². The molecule has 3 aromatic rings. The van der Waals surface area contributed by atoms with Gasteiger partial charge in [0, 0.05) is 16.7 Å². The summed E-state index contributed by atoms with van der Waals surface area (Å²) < 4.78 is 18.8. The van der Waals surface area contributed by atoms with Crippen LogP contribution in [0.4, 0.5) is 4.39 Å². The number of methoxy groups -OCH3 is 1. The molecule has 0 aliphatic heterocycles. The number of carboxylic acid groups (broad SMARTS) is 1. The molecule has 0 bridgehead atoms. The number of hydrogen-bond donors (Lipinski definition) is 2. The highest BCUT2D eigenvalue weighted by Crippen LogP contribution is 2.38. The lowest BCUT2D eigenvalue weighted by atomic mass is 9.89. The molecule has 0 saturated heterocycles. The summed E-state index contributed by atoms with van der Waals surface area (Å²) in [6.07, 6.45) is 0. The van der Waals surface area contributed by atoms with Crippen LogP contribution in [0.2, 0.25) is 0 Å². The fourth-order valence-corrected chi connectivity index (χ4v) is 3.02. The first-order valence-electron chi connectivity index (χ1n) is 7.75. The average Bonchev–Trinajstić information content (AvgIpc) is 2.65. The van der Waals surface area contributed by atoms with Gasteiger partial charge in [0.1, 0.15) is 17.6 Å². The van der Waals surface area contributed by atoms with Gasteiger partial charge in [-0.15, -0.1) is 0 Å². The van der Waals surface area contributed by atoms with Gasteiger partial charge in [-0.05, 0) is 41.1 Å². The molecule has 134 valence electrons. The van der Waals surface area contributed by atoms with E-state index in [1.165, 1.54) is 49.6 Å². The van der Waals surface area contributed by atoms with Crippen molar-refractivity contribution in [2.24, 2.45) is 5.73 Å². The number of nitriles is 1. The van der Waals surface area contributed by atoms with Crippen molar-refractivity contribution in [1.29, 1.82) is 5.26 Å². The van der Waals surface area contributed by atoms with Crippen LogP contribution in [-0.4, -0.2) is 24.1 Å². The van der Waals surface area contributed by atoms with Crippen molar-refractivity contribution in [2.75, 3.05) is 7.11 Å². The van der Waals surface area contributed by atoms with Crippen LogP contribution in [0.5, 0.6) is 5.75 Å². The maximum atomic E-state index is 13.6. The van der Waals surface area contributed by atoms with Crippen molar-refractivity contribution in [1.82, 2.24) is 0 Å². The summed E-state index contributed by atoms with van der Waals surface area (Å²) in [6.45, 7) is 0. The molecule has 0 fully saturated rings. The third-order valence-corrected chi connectivity index (χ3v) is 4.21. The second-order valence-electron chi connectivity index (χ2n) is 5.73. The first-order valence-corrected chi connectivity index (χ1v) is 7.75. The number of carbonyl (C=O) groups excluding carboxylic acids is 1. The Morgan fingerprint density at radius 1 is 1.15 bits per heavy atom. The van der Waals surface area contributed by atoms with Crippen LogP contribution in [-0.2, 0) is 0 Å². The standard InChI is InChI=1S/C20H13FN2O4/c1-27-17-8-15(16(20(25)26)7-11(17)9-22)18-13-5-3-12(21)6-10(13)2-4-14(18)19(23)24/h2-8H,1H3,(H2,23,24)(H,25,26). The van der Waals surface area contributed by atoms with Gasteiger partial charge in [-0.1, -0.05) is 12.1 Å². The highest BCUT2D eigenvalue weighted by Gasteiger charge is 2.22. The van der Waals surface area contributed by atoms with Crippen molar-refractivity contribution in [3.63, 3.8) is 0 Å². The molecule has 0 aliphatic carbocycles. The summed E-state index contributed by atoms with van der Waals surface area (Å²) in [5.74, 6) is -2.39. The Kier molecular flexibility index (Phi) is 4.48. The number of nitrogens with zero attached hydrogens (tertiary/aromatic N) is 1. The maximum Gasteiger partial charge on any atom is 0.336 e. The van der Waals surface area contributed by atoms with E-state index in [0.717, 1.165) is 0 Å². The van der Waals surface area contributed by atoms with E-state index in [1.54, 1.807) is 0 Å². The molecule has 27 heavy (non-hydrogen) atoms. The van der Waals surface area contributed by atoms with E-state index >= 15 is 0 Å². The quantitative estimate of drug-likeness (QED) is 0.737. The van der Waals surface area contributed by atoms with E-state index < -0.39 is 17.7 Å². The minimum absolute atomic E-state index is 0.0329. The Morgan fingerprint density at radius 2 is 1.89 bits per heavy atom. The number of rotatable bonds is 4. The van der Waals surface area contributed by atoms with E-state index in [0.29, 0.717) is 10.8 Å². The van der Waals surface area contributed by atoms with Gasteiger partial charge in [0.2, 0.25) is 5.91 Å². The Morgan fingerprint density at radius 3 is 2.48 bits per heavy atom. The average molecular weight is 364 g/mol. The normalized spacial score (nSPS) is 10.4. The number of primary amides is 1. The minimum atomic E-state index is -1.29. The molecule has 0 aliphatic rings. The van der Waals surface area contributed by atoms with Crippen LogP contribution in [0, 0.1) is 17.1 Å². The lowest BCUT2D eigenvalue weighted by Gasteiger charge is -2.16. The SMILES string of the molecule is COc1cc(-c2c(C(N)=O)ccc3cc(F)ccc23)c(C(=O)O)cc1C#N. The number of carbonyl (C=O) groups is 2. The molecule has 3 aromatic carbocycles. The Hall–Kier alpha value is -3.92. The van der Waals surface area contributed by atoms with Gasteiger partial charge in [-0.25, -0.2) is 9.18 Å². The van der Waals surface area contributed by atoms with Crippen molar-refractivity contribution in [2.45, 2.75) is 0 Å². The van der Waals surface area contributed by atoms with Gasteiger partial charge >= 0.3 is 5.97 Å². The zero-order valence-electron chi connectivity index (χ0n) is 14.1. The number of hydrogen-bond acceptors (Lipinski definition) is 4. The zero-order valence-corrected chi connectivity index (χ0v) is 14.1. The highest BCUT2D eigenvalue weighted by atomic mass is 19.1. The summed E-state index contributed by atoms with van der Waals surface area (Å²) in [5.41, 5.74) is 5.76. The van der Waals surface area contributed by atoms with Crippen LogP contribution >= 0.6 is 0 Å². The molecular weight excluding hydrogens is 351 g/mol. The molecule has 0 heterocycles. The molecule has 7 heteroatoms. The van der Waals surface area contributed by atoms with E-state index in [9.17, 15) is 24.3 Å². The molecule has 3 N–H and O–H groups in total. The van der Waals surface area contributed by atoms with Crippen LogP contribution in [0.25, 0.3) is 21.9 Å². The van der Waals surface area contributed by atoms with Gasteiger partial charge in [0.05, 0.1) is 18.2 Å². The van der Waals surface area contributed by atoms with Crippen molar-refractivity contribution < 1.29 is 23.8 Å². The van der Waals surface area contributed by atoms with Crippen LogP contribution in [0.3, 0.4) is 0 Å². The topological polar surface area (TPSA) is 113 Å². The number of amides is 1. The third kappa shape index (κ3) is 3.04. The fraction of sp³-hybridized carbons (Fsp3) is 0.0500. The Bertz CT molecular complexity index is 1150. The molecule has 1 amide bonds. The smallest absolute Gasteiger partial charge is 0.336 e. The Balaban J connectivity index is 2.51. The molecule has 0 aromatic heterocycles. The Labute approximate surface area is 153 Å². The maximum absolute atomic E-state index is 13.6. The van der Waals surface area contributed by atoms with Gasteiger partial charge in [-0.2, -0.15) is 5.26 Å². The number of fused-ring (bicyclic) bond motifs is 1. The first kappa shape index (κ1) is 17.9. The van der Waals surface area contributed by atoms with Gasteiger partial charge < -0.3 is 15.6 Å². The number of nitrogens with two attached hydrogens (primary N) is 1. The summed E-state index contributed by atoms with van der Waals surface area (Å²) >= 11 is 0. The number of halogens is 1. The zero-order chi connectivity index (χ0) is 19.7. The molecule has 0 unspecified atom stereocenters. The second-order valence-corrected chi connectivity index (χ2v) is 5.73. The van der Waals surface area contributed by atoms with Crippen molar-refractivity contribution in [3.8, 4) is 22.9 Å². The summed E-state index contributed by atoms with van der Waals surface area (Å²) in [5, 5.41) is 19.8. The second kappa shape index (κ2) is 6.77. The molecule has 3 rings (SSSR count). The molecule has 0 saturated carbocycles. The van der Waals surface area contributed by atoms with Crippen LogP contribution in [0.15, 0.2) is 42.5 Å². The largest absolute Gasteiger partial charge is 0.495 e. The molecule has 0 atom stereocenters. The fourth-order valence-electron chi connectivity index (χ4n) is 3.02. The highest BCUT2D eigenvalue weighted by molar-refractivity contribution is 6.12. The predicted octanol–water partition coefficient (Wildman–Crippen LogP) is 3.32. The van der Waals surface area contributed by atoms with Gasteiger partial charge in [0.25, 0.3) is 0 Å². The summed E-state index contributed by atoms with van der Waals surface area (Å²) in [6, 6.07) is 11.3.